The number of carboxylic acid groups (broad SMARTS) is 1. The van der Waals surface area contributed by atoms with Crippen molar-refractivity contribution in [2.75, 3.05) is 18.0 Å². The summed E-state index contributed by atoms with van der Waals surface area (Å²) >= 11 is 0. The number of unbranched alkanes of at least 4 members (excludes halogenated alkanes) is 2. The van der Waals surface area contributed by atoms with Gasteiger partial charge in [0.2, 0.25) is 0 Å². The molecule has 1 atom stereocenters. The second-order valence-electron chi connectivity index (χ2n) is 7.15. The van der Waals surface area contributed by atoms with Crippen LogP contribution in [0.15, 0.2) is 42.5 Å². The Morgan fingerprint density at radius 3 is 2.17 bits per heavy atom. The van der Waals surface area contributed by atoms with Gasteiger partial charge in [-0.05, 0) is 44.5 Å². The molecule has 0 saturated heterocycles. The summed E-state index contributed by atoms with van der Waals surface area (Å²) < 4.78 is 0. The average Bonchev–Trinajstić information content (AvgIpc) is 2.72. The van der Waals surface area contributed by atoms with E-state index in [1.54, 1.807) is 30.3 Å². The van der Waals surface area contributed by atoms with E-state index >= 15 is 0 Å². The van der Waals surface area contributed by atoms with Crippen LogP contribution in [0.3, 0.4) is 0 Å². The number of hydrogen-bond acceptors (Lipinski definition) is 4. The normalized spacial score (nSPS) is 11.8. The highest BCUT2D eigenvalue weighted by Gasteiger charge is 2.31. The molecule has 0 fully saturated rings. The second-order valence-corrected chi connectivity index (χ2v) is 7.15. The van der Waals surface area contributed by atoms with E-state index in [4.69, 9.17) is 0 Å². The lowest BCUT2D eigenvalue weighted by Gasteiger charge is -2.29. The predicted molar refractivity (Wildman–Crippen MR) is 116 cm³/mol. The summed E-state index contributed by atoms with van der Waals surface area (Å²) in [6.45, 7) is 7.53. The Hall–Kier alpha value is -2.82. The number of phenolic OH excluding ortho intramolecular Hbond substituents is 1. The number of phenols is 1. The number of para-hydroxylation sites is 1. The Kier molecular flexibility index (Phi) is 8.25. The molecule has 5 nitrogen and oxygen atoms in total. The average molecular weight is 398 g/mol. The first-order valence-electron chi connectivity index (χ1n) is 10.4. The fraction of sp³-hybridized carbons (Fsp3) is 0.417. The number of benzene rings is 2. The summed E-state index contributed by atoms with van der Waals surface area (Å²) in [5.74, 6) is -1.98. The lowest BCUT2D eigenvalue weighted by atomic mass is 9.82. The Balaban J connectivity index is 2.67. The van der Waals surface area contributed by atoms with Gasteiger partial charge in [-0.25, -0.2) is 4.79 Å². The molecule has 0 aliphatic heterocycles. The van der Waals surface area contributed by atoms with Gasteiger partial charge >= 0.3 is 5.97 Å². The minimum atomic E-state index is -1.04. The van der Waals surface area contributed by atoms with Crippen molar-refractivity contribution in [3.05, 3.63) is 59.2 Å². The van der Waals surface area contributed by atoms with Gasteiger partial charge in [0, 0.05) is 24.3 Å². The van der Waals surface area contributed by atoms with Gasteiger partial charge in [0.05, 0.1) is 17.0 Å². The maximum Gasteiger partial charge on any atom is 0.336 e. The van der Waals surface area contributed by atoms with Gasteiger partial charge in [0.15, 0.2) is 5.78 Å². The number of carboxylic acids is 1. The van der Waals surface area contributed by atoms with Crippen LogP contribution in [0.4, 0.5) is 5.69 Å². The molecular formula is C24H31NO4. The fourth-order valence-corrected chi connectivity index (χ4v) is 3.82. The Labute approximate surface area is 173 Å². The number of rotatable bonds is 11. The monoisotopic (exact) mass is 397 g/mol. The van der Waals surface area contributed by atoms with Gasteiger partial charge in [-0.15, -0.1) is 0 Å². The van der Waals surface area contributed by atoms with Gasteiger partial charge in [-0.2, -0.15) is 0 Å². The van der Waals surface area contributed by atoms with Gasteiger partial charge in [0.25, 0.3) is 0 Å². The van der Waals surface area contributed by atoms with Crippen molar-refractivity contribution in [2.24, 2.45) is 0 Å². The summed E-state index contributed by atoms with van der Waals surface area (Å²) in [4.78, 5) is 27.6. The number of aromatic carboxylic acids is 1. The van der Waals surface area contributed by atoms with E-state index in [0.717, 1.165) is 24.9 Å². The van der Waals surface area contributed by atoms with Crippen molar-refractivity contribution in [1.29, 1.82) is 0 Å². The van der Waals surface area contributed by atoms with Crippen LogP contribution in [0, 0.1) is 0 Å². The number of aromatic hydroxyl groups is 1. The van der Waals surface area contributed by atoms with Crippen molar-refractivity contribution < 1.29 is 19.8 Å². The molecule has 0 heterocycles. The summed E-state index contributed by atoms with van der Waals surface area (Å²) in [6.07, 6.45) is 3.31. The third-order valence-corrected chi connectivity index (χ3v) is 5.35. The molecule has 0 aliphatic rings. The van der Waals surface area contributed by atoms with Gasteiger partial charge in [-0.1, -0.05) is 44.4 Å². The molecule has 2 aromatic carbocycles. The van der Waals surface area contributed by atoms with Crippen molar-refractivity contribution in [1.82, 2.24) is 0 Å². The number of hydrogen-bond donors (Lipinski definition) is 2. The fourth-order valence-electron chi connectivity index (χ4n) is 3.82. The van der Waals surface area contributed by atoms with Gasteiger partial charge < -0.3 is 15.1 Å². The van der Waals surface area contributed by atoms with Crippen LogP contribution < -0.4 is 4.90 Å². The second kappa shape index (κ2) is 10.6. The van der Waals surface area contributed by atoms with Gasteiger partial charge in [-0.3, -0.25) is 4.79 Å². The van der Waals surface area contributed by atoms with Crippen LogP contribution in [0.1, 0.15) is 78.7 Å². The molecule has 2 rings (SSSR count). The third kappa shape index (κ3) is 5.17. The lowest BCUT2D eigenvalue weighted by Crippen LogP contribution is -2.27. The highest BCUT2D eigenvalue weighted by atomic mass is 16.4. The van der Waals surface area contributed by atoms with Crippen molar-refractivity contribution in [3.8, 4) is 5.75 Å². The zero-order valence-electron chi connectivity index (χ0n) is 17.5. The van der Waals surface area contributed by atoms with Crippen LogP contribution in [0.25, 0.3) is 0 Å². The topological polar surface area (TPSA) is 77.8 Å². The summed E-state index contributed by atoms with van der Waals surface area (Å²) in [5.41, 5.74) is 1.72. The summed E-state index contributed by atoms with van der Waals surface area (Å²) in [7, 11) is 0. The highest BCUT2D eigenvalue weighted by Crippen LogP contribution is 2.38. The minimum absolute atomic E-state index is 0.0739. The van der Waals surface area contributed by atoms with Crippen molar-refractivity contribution in [2.45, 2.75) is 52.4 Å². The van der Waals surface area contributed by atoms with Crippen LogP contribution in [0.2, 0.25) is 0 Å². The molecule has 0 spiro atoms. The van der Waals surface area contributed by atoms with Gasteiger partial charge in [0.1, 0.15) is 5.75 Å². The molecule has 0 amide bonds. The zero-order valence-corrected chi connectivity index (χ0v) is 17.5. The molecule has 0 radical (unpaired) electrons. The molecule has 0 aliphatic carbocycles. The lowest BCUT2D eigenvalue weighted by molar-refractivity contribution is 0.0695. The molecule has 0 saturated carbocycles. The van der Waals surface area contributed by atoms with E-state index in [2.05, 4.69) is 11.8 Å². The number of Topliss-reactive ketones (excluding diaryl/α,β-unsaturated/α-hetero) is 1. The molecule has 2 aromatic rings. The zero-order chi connectivity index (χ0) is 21.4. The van der Waals surface area contributed by atoms with Crippen molar-refractivity contribution in [3.63, 3.8) is 0 Å². The maximum atomic E-state index is 13.5. The summed E-state index contributed by atoms with van der Waals surface area (Å²) in [5, 5.41) is 20.1. The molecule has 29 heavy (non-hydrogen) atoms. The highest BCUT2D eigenvalue weighted by molar-refractivity contribution is 6.06. The van der Waals surface area contributed by atoms with E-state index in [1.807, 2.05) is 19.9 Å². The smallest absolute Gasteiger partial charge is 0.336 e. The first-order valence-corrected chi connectivity index (χ1v) is 10.4. The maximum absolute atomic E-state index is 13.5. The molecule has 1 unspecified atom stereocenters. The van der Waals surface area contributed by atoms with Crippen LogP contribution in [-0.4, -0.2) is 35.1 Å². The number of ketones is 1. The molecule has 156 valence electrons. The van der Waals surface area contributed by atoms with E-state index in [0.29, 0.717) is 25.1 Å². The number of carbonyl (C=O) groups excluding carboxylic acids is 1. The molecule has 5 heteroatoms. The molecular weight excluding hydrogens is 366 g/mol. The summed E-state index contributed by atoms with van der Waals surface area (Å²) in [6, 6.07) is 11.7. The van der Waals surface area contributed by atoms with Crippen molar-refractivity contribution >= 4 is 17.4 Å². The molecule has 0 bridgehead atoms. The number of carbonyl (C=O) groups is 2. The molecule has 2 N–H and O–H groups in total. The largest absolute Gasteiger partial charge is 0.507 e. The SMILES string of the molecule is CCCCCC(C(=O)c1ccccc1O)c1c(C(=O)O)cccc1N(CC)CC. The Morgan fingerprint density at radius 1 is 0.931 bits per heavy atom. The number of nitrogens with zero attached hydrogens (tertiary/aromatic N) is 1. The Bertz CT molecular complexity index is 843. The van der Waals surface area contributed by atoms with Crippen LogP contribution in [0.5, 0.6) is 5.75 Å². The van der Waals surface area contributed by atoms with E-state index < -0.39 is 11.9 Å². The van der Waals surface area contributed by atoms with E-state index in [-0.39, 0.29) is 22.7 Å². The number of anilines is 1. The quantitative estimate of drug-likeness (QED) is 0.388. The minimum Gasteiger partial charge on any atom is -0.507 e. The van der Waals surface area contributed by atoms with E-state index in [1.165, 1.54) is 6.07 Å². The third-order valence-electron chi connectivity index (χ3n) is 5.35. The first-order chi connectivity index (χ1) is 14.0. The van der Waals surface area contributed by atoms with Crippen LogP contribution >= 0.6 is 0 Å². The van der Waals surface area contributed by atoms with Crippen LogP contribution in [-0.2, 0) is 0 Å². The standard InChI is InChI=1S/C24H31NO4/c1-4-7-8-13-18(23(27)17-12-9-10-16-21(17)26)22-19(24(28)29)14-11-15-20(22)25(5-2)6-3/h9-12,14-16,18,26H,4-8,13H2,1-3H3,(H,28,29). The first kappa shape index (κ1) is 22.5. The van der Waals surface area contributed by atoms with E-state index in [9.17, 15) is 19.8 Å². The Morgan fingerprint density at radius 2 is 1.59 bits per heavy atom. The predicted octanol–water partition coefficient (Wildman–Crippen LogP) is 5.48. The molecule has 0 aromatic heterocycles.